The lowest BCUT2D eigenvalue weighted by molar-refractivity contribution is -0.136. The predicted molar refractivity (Wildman–Crippen MR) is 99.2 cm³/mol. The molecule has 0 radical (unpaired) electrons. The van der Waals surface area contributed by atoms with Crippen LogP contribution in [0.15, 0.2) is 35.1 Å². The molecule has 1 amide bonds. The van der Waals surface area contributed by atoms with Crippen LogP contribution in [-0.4, -0.2) is 47.1 Å². The van der Waals surface area contributed by atoms with Crippen molar-refractivity contribution in [2.75, 3.05) is 26.3 Å². The van der Waals surface area contributed by atoms with Crippen LogP contribution in [0.1, 0.15) is 36.0 Å². The molecule has 6 nitrogen and oxygen atoms in total. The highest BCUT2D eigenvalue weighted by Crippen LogP contribution is 2.12. The van der Waals surface area contributed by atoms with Gasteiger partial charge in [0.1, 0.15) is 12.4 Å². The van der Waals surface area contributed by atoms with Gasteiger partial charge in [-0.1, -0.05) is 37.3 Å². The van der Waals surface area contributed by atoms with Gasteiger partial charge < -0.3 is 14.6 Å². The zero-order valence-corrected chi connectivity index (χ0v) is 15.2. The number of H-pyrrole nitrogens is 1. The van der Waals surface area contributed by atoms with Gasteiger partial charge in [0.15, 0.2) is 0 Å². The second-order valence-electron chi connectivity index (χ2n) is 6.53. The molecule has 1 N–H and O–H groups in total. The lowest BCUT2D eigenvalue weighted by atomic mass is 10.1. The normalized spacial score (nSPS) is 14.0. The Bertz CT molecular complexity index is 802. The molecule has 26 heavy (non-hydrogen) atoms. The Labute approximate surface area is 153 Å². The van der Waals surface area contributed by atoms with Crippen LogP contribution >= 0.6 is 0 Å². The van der Waals surface area contributed by atoms with Crippen LogP contribution in [0, 0.1) is 0 Å². The second-order valence-corrected chi connectivity index (χ2v) is 6.53. The number of benzene rings is 1. The number of nitrogens with zero attached hydrogens (tertiary/aromatic N) is 2. The highest BCUT2D eigenvalue weighted by atomic mass is 16.5. The van der Waals surface area contributed by atoms with E-state index in [1.165, 1.54) is 0 Å². The molecule has 138 valence electrons. The molecule has 0 aliphatic carbocycles. The molecule has 1 aromatic heterocycles. The van der Waals surface area contributed by atoms with Crippen LogP contribution in [-0.2, 0) is 28.8 Å². The summed E-state index contributed by atoms with van der Waals surface area (Å²) in [6.45, 7) is 3.81. The smallest absolute Gasteiger partial charge is 0.254 e. The Kier molecular flexibility index (Phi) is 6.17. The molecule has 0 spiro atoms. The Balaban J connectivity index is 1.70. The van der Waals surface area contributed by atoms with E-state index in [0.29, 0.717) is 50.3 Å². The summed E-state index contributed by atoms with van der Waals surface area (Å²) < 4.78 is 5.35. The molecule has 1 aromatic carbocycles. The molecule has 2 aromatic rings. The number of carbonyl (C=O) groups is 1. The first kappa shape index (κ1) is 18.3. The Morgan fingerprint density at radius 2 is 2.00 bits per heavy atom. The van der Waals surface area contributed by atoms with Gasteiger partial charge in [-0.05, 0) is 18.4 Å². The van der Waals surface area contributed by atoms with Crippen molar-refractivity contribution >= 4 is 5.91 Å². The largest absolute Gasteiger partial charge is 0.372 e. The number of carbonyl (C=O) groups excluding carboxylic acids is 1. The van der Waals surface area contributed by atoms with Crippen molar-refractivity contribution in [3.8, 4) is 0 Å². The van der Waals surface area contributed by atoms with E-state index < -0.39 is 0 Å². The highest BCUT2D eigenvalue weighted by molar-refractivity contribution is 5.77. The van der Waals surface area contributed by atoms with Crippen molar-refractivity contribution in [3.05, 3.63) is 63.3 Å². The Morgan fingerprint density at radius 1 is 1.23 bits per heavy atom. The summed E-state index contributed by atoms with van der Waals surface area (Å²) in [7, 11) is 0. The predicted octanol–water partition coefficient (Wildman–Crippen LogP) is 1.71. The number of rotatable bonds is 6. The van der Waals surface area contributed by atoms with Gasteiger partial charge in [0, 0.05) is 38.1 Å². The minimum atomic E-state index is -0.0857. The van der Waals surface area contributed by atoms with Gasteiger partial charge in [0.2, 0.25) is 5.91 Å². The van der Waals surface area contributed by atoms with Gasteiger partial charge in [-0.2, -0.15) is 0 Å². The minimum Gasteiger partial charge on any atom is -0.372 e. The first-order chi connectivity index (χ1) is 12.7. The molecule has 6 heteroatoms. The first-order valence-corrected chi connectivity index (χ1v) is 9.17. The Morgan fingerprint density at radius 3 is 2.77 bits per heavy atom. The van der Waals surface area contributed by atoms with E-state index in [1.54, 1.807) is 4.90 Å². The number of aromatic amines is 1. The maximum atomic E-state index is 12.5. The van der Waals surface area contributed by atoms with Gasteiger partial charge in [-0.25, -0.2) is 4.98 Å². The molecule has 1 aliphatic heterocycles. The van der Waals surface area contributed by atoms with Crippen molar-refractivity contribution < 1.29 is 9.53 Å². The SMILES string of the molecule is CCCOCC(=O)N1CCc2nc(Cc3ccccc3)[nH]c(=O)c2CC1. The zero-order valence-electron chi connectivity index (χ0n) is 15.2. The van der Waals surface area contributed by atoms with Crippen molar-refractivity contribution in [3.63, 3.8) is 0 Å². The van der Waals surface area contributed by atoms with E-state index in [2.05, 4.69) is 9.97 Å². The monoisotopic (exact) mass is 355 g/mol. The summed E-state index contributed by atoms with van der Waals surface area (Å²) in [5, 5.41) is 0. The number of fused-ring (bicyclic) bond motifs is 1. The summed E-state index contributed by atoms with van der Waals surface area (Å²) in [4.78, 5) is 34.1. The summed E-state index contributed by atoms with van der Waals surface area (Å²) in [6, 6.07) is 9.94. The fraction of sp³-hybridized carbons (Fsp3) is 0.450. The number of ether oxygens (including phenoxy) is 1. The zero-order chi connectivity index (χ0) is 18.4. The van der Waals surface area contributed by atoms with E-state index in [0.717, 1.165) is 17.7 Å². The van der Waals surface area contributed by atoms with E-state index in [9.17, 15) is 9.59 Å². The molecule has 0 saturated carbocycles. The average Bonchev–Trinajstić information content (AvgIpc) is 2.86. The standard InChI is InChI=1S/C20H25N3O3/c1-2-12-26-14-19(24)23-10-8-16-17(9-11-23)21-18(22-20(16)25)13-15-6-4-3-5-7-15/h3-7H,2,8-14H2,1H3,(H,21,22,25). The van der Waals surface area contributed by atoms with Crippen LogP contribution in [0.25, 0.3) is 0 Å². The van der Waals surface area contributed by atoms with Gasteiger partial charge in [-0.15, -0.1) is 0 Å². The molecular weight excluding hydrogens is 330 g/mol. The first-order valence-electron chi connectivity index (χ1n) is 9.17. The molecule has 0 atom stereocenters. The number of amides is 1. The van der Waals surface area contributed by atoms with Crippen molar-refractivity contribution in [2.24, 2.45) is 0 Å². The molecule has 0 saturated heterocycles. The number of aromatic nitrogens is 2. The summed E-state index contributed by atoms with van der Waals surface area (Å²) in [6.07, 6.45) is 2.61. The molecule has 1 aliphatic rings. The molecular formula is C20H25N3O3. The maximum Gasteiger partial charge on any atom is 0.254 e. The Hall–Kier alpha value is -2.47. The lowest BCUT2D eigenvalue weighted by Crippen LogP contribution is -2.36. The third kappa shape index (κ3) is 4.58. The molecule has 3 rings (SSSR count). The third-order valence-corrected chi connectivity index (χ3v) is 4.54. The van der Waals surface area contributed by atoms with Crippen LogP contribution in [0.5, 0.6) is 0 Å². The number of nitrogens with one attached hydrogen (secondary N) is 1. The lowest BCUT2D eigenvalue weighted by Gasteiger charge is -2.19. The minimum absolute atomic E-state index is 0.0211. The molecule has 2 heterocycles. The van der Waals surface area contributed by atoms with Gasteiger partial charge >= 0.3 is 0 Å². The van der Waals surface area contributed by atoms with E-state index in [4.69, 9.17) is 4.74 Å². The topological polar surface area (TPSA) is 75.3 Å². The third-order valence-electron chi connectivity index (χ3n) is 4.54. The quantitative estimate of drug-likeness (QED) is 0.801. The van der Waals surface area contributed by atoms with E-state index >= 15 is 0 Å². The van der Waals surface area contributed by atoms with Crippen molar-refractivity contribution in [1.29, 1.82) is 0 Å². The molecule has 0 bridgehead atoms. The molecule has 0 fully saturated rings. The number of hydrogen-bond acceptors (Lipinski definition) is 4. The average molecular weight is 355 g/mol. The van der Waals surface area contributed by atoms with Crippen LogP contribution < -0.4 is 5.56 Å². The summed E-state index contributed by atoms with van der Waals surface area (Å²) in [5.74, 6) is 0.651. The van der Waals surface area contributed by atoms with Crippen LogP contribution in [0.2, 0.25) is 0 Å². The van der Waals surface area contributed by atoms with Gasteiger partial charge in [0.05, 0.1) is 5.69 Å². The fourth-order valence-electron chi connectivity index (χ4n) is 3.18. The van der Waals surface area contributed by atoms with Crippen LogP contribution in [0.4, 0.5) is 0 Å². The van der Waals surface area contributed by atoms with Gasteiger partial charge in [0.25, 0.3) is 5.56 Å². The van der Waals surface area contributed by atoms with Crippen molar-refractivity contribution in [1.82, 2.24) is 14.9 Å². The van der Waals surface area contributed by atoms with Crippen molar-refractivity contribution in [2.45, 2.75) is 32.6 Å². The molecule has 0 unspecified atom stereocenters. The summed E-state index contributed by atoms with van der Waals surface area (Å²) in [5.41, 5.74) is 2.53. The van der Waals surface area contributed by atoms with E-state index in [-0.39, 0.29) is 18.1 Å². The van der Waals surface area contributed by atoms with Crippen LogP contribution in [0.3, 0.4) is 0 Å². The summed E-state index contributed by atoms with van der Waals surface area (Å²) >= 11 is 0. The second kappa shape index (κ2) is 8.76. The van der Waals surface area contributed by atoms with Gasteiger partial charge in [-0.3, -0.25) is 9.59 Å². The van der Waals surface area contributed by atoms with E-state index in [1.807, 2.05) is 37.3 Å². The number of hydrogen-bond donors (Lipinski definition) is 1. The maximum absolute atomic E-state index is 12.5. The fourth-order valence-corrected chi connectivity index (χ4v) is 3.18. The highest BCUT2D eigenvalue weighted by Gasteiger charge is 2.21.